The molecule has 4 heteroatoms. The third-order valence-corrected chi connectivity index (χ3v) is 2.80. The molecule has 0 bridgehead atoms. The van der Waals surface area contributed by atoms with Crippen molar-refractivity contribution in [3.05, 3.63) is 48.5 Å². The lowest BCUT2D eigenvalue weighted by Crippen LogP contribution is -1.95. The van der Waals surface area contributed by atoms with E-state index < -0.39 is 0 Å². The highest BCUT2D eigenvalue weighted by Crippen LogP contribution is 2.24. The first-order chi connectivity index (χ1) is 8.27. The van der Waals surface area contributed by atoms with Gasteiger partial charge in [0.1, 0.15) is 5.82 Å². The van der Waals surface area contributed by atoms with Crippen molar-refractivity contribution in [2.75, 3.05) is 0 Å². The molecule has 0 aliphatic carbocycles. The van der Waals surface area contributed by atoms with Crippen LogP contribution in [0.25, 0.3) is 22.4 Å². The smallest absolute Gasteiger partial charge is 0.152 e. The Kier molecular flexibility index (Phi) is 2.14. The molecule has 0 atom stereocenters. The monoisotopic (exact) mass is 227 g/mol. The molecule has 0 aliphatic heterocycles. The van der Waals surface area contributed by atoms with E-state index in [1.807, 2.05) is 35.9 Å². The summed E-state index contributed by atoms with van der Waals surface area (Å²) in [5.74, 6) is 0.261. The summed E-state index contributed by atoms with van der Waals surface area (Å²) in [5.41, 5.74) is 2.32. The van der Waals surface area contributed by atoms with E-state index in [0.717, 1.165) is 11.0 Å². The van der Waals surface area contributed by atoms with Crippen LogP contribution in [0.15, 0.2) is 42.7 Å². The summed E-state index contributed by atoms with van der Waals surface area (Å²) in [6.07, 6.45) is 2.77. The molecule has 84 valence electrons. The minimum absolute atomic E-state index is 0.356. The number of para-hydroxylation sites is 2. The standard InChI is InChI=1S/C13H10FN3/c1-17-12-5-3-2-4-11(12)16-13(17)9-6-7-15-8-10(9)14/h2-8H,1H3. The quantitative estimate of drug-likeness (QED) is 0.640. The van der Waals surface area contributed by atoms with Crippen molar-refractivity contribution in [2.24, 2.45) is 7.05 Å². The van der Waals surface area contributed by atoms with E-state index in [2.05, 4.69) is 9.97 Å². The Morgan fingerprint density at radius 3 is 2.76 bits per heavy atom. The molecule has 0 unspecified atom stereocenters. The van der Waals surface area contributed by atoms with Crippen LogP contribution in [-0.2, 0) is 7.05 Å². The number of fused-ring (bicyclic) bond motifs is 1. The van der Waals surface area contributed by atoms with Crippen LogP contribution in [-0.4, -0.2) is 14.5 Å². The fourth-order valence-corrected chi connectivity index (χ4v) is 1.94. The van der Waals surface area contributed by atoms with E-state index in [4.69, 9.17) is 0 Å². The lowest BCUT2D eigenvalue weighted by molar-refractivity contribution is 0.622. The average Bonchev–Trinajstić information content (AvgIpc) is 2.68. The highest BCUT2D eigenvalue weighted by molar-refractivity contribution is 5.80. The first-order valence-electron chi connectivity index (χ1n) is 5.29. The minimum Gasteiger partial charge on any atom is -0.327 e. The normalized spacial score (nSPS) is 10.9. The first kappa shape index (κ1) is 9.96. The molecule has 2 heterocycles. The van der Waals surface area contributed by atoms with Crippen LogP contribution in [0.5, 0.6) is 0 Å². The summed E-state index contributed by atoms with van der Waals surface area (Å²) in [4.78, 5) is 8.18. The van der Waals surface area contributed by atoms with Crippen molar-refractivity contribution >= 4 is 11.0 Å². The number of benzene rings is 1. The second kappa shape index (κ2) is 3.66. The fourth-order valence-electron chi connectivity index (χ4n) is 1.94. The van der Waals surface area contributed by atoms with Crippen molar-refractivity contribution in [3.8, 4) is 11.4 Å². The number of nitrogens with zero attached hydrogens (tertiary/aromatic N) is 3. The molecule has 1 aromatic carbocycles. The highest BCUT2D eigenvalue weighted by Gasteiger charge is 2.12. The molecule has 0 saturated carbocycles. The Morgan fingerprint density at radius 2 is 2.00 bits per heavy atom. The van der Waals surface area contributed by atoms with Crippen molar-refractivity contribution in [1.29, 1.82) is 0 Å². The van der Waals surface area contributed by atoms with Crippen LogP contribution in [0.1, 0.15) is 0 Å². The van der Waals surface area contributed by atoms with Crippen molar-refractivity contribution in [1.82, 2.24) is 14.5 Å². The highest BCUT2D eigenvalue weighted by atomic mass is 19.1. The summed E-state index contributed by atoms with van der Waals surface area (Å²) in [6, 6.07) is 9.37. The van der Waals surface area contributed by atoms with Gasteiger partial charge >= 0.3 is 0 Å². The number of aryl methyl sites for hydroxylation is 1. The number of aromatic nitrogens is 3. The maximum Gasteiger partial charge on any atom is 0.152 e. The Morgan fingerprint density at radius 1 is 1.18 bits per heavy atom. The molecule has 0 aliphatic rings. The topological polar surface area (TPSA) is 30.7 Å². The third-order valence-electron chi connectivity index (χ3n) is 2.80. The number of hydrogen-bond acceptors (Lipinski definition) is 2. The maximum atomic E-state index is 13.7. The van der Waals surface area contributed by atoms with Crippen molar-refractivity contribution < 1.29 is 4.39 Å². The Hall–Kier alpha value is -2.23. The molecule has 3 rings (SSSR count). The van der Waals surface area contributed by atoms with E-state index in [9.17, 15) is 4.39 Å². The number of rotatable bonds is 1. The Bertz CT molecular complexity index is 688. The molecule has 0 saturated heterocycles. The fraction of sp³-hybridized carbons (Fsp3) is 0.0769. The van der Waals surface area contributed by atoms with E-state index in [1.54, 1.807) is 12.3 Å². The Balaban J connectivity index is 2.32. The van der Waals surface area contributed by atoms with Crippen LogP contribution in [0, 0.1) is 5.82 Å². The molecule has 0 amide bonds. The summed E-state index contributed by atoms with van der Waals surface area (Å²) in [6.45, 7) is 0. The van der Waals surface area contributed by atoms with Crippen LogP contribution < -0.4 is 0 Å². The van der Waals surface area contributed by atoms with E-state index in [1.165, 1.54) is 6.20 Å². The summed E-state index contributed by atoms with van der Waals surface area (Å²) >= 11 is 0. The van der Waals surface area contributed by atoms with Gasteiger partial charge in [0.25, 0.3) is 0 Å². The van der Waals surface area contributed by atoms with Gasteiger partial charge in [-0.2, -0.15) is 0 Å². The van der Waals surface area contributed by atoms with Gasteiger partial charge in [-0.15, -0.1) is 0 Å². The molecule has 0 fully saturated rings. The molecule has 0 radical (unpaired) electrons. The molecular weight excluding hydrogens is 217 g/mol. The second-order valence-electron chi connectivity index (χ2n) is 3.84. The average molecular weight is 227 g/mol. The first-order valence-corrected chi connectivity index (χ1v) is 5.29. The maximum absolute atomic E-state index is 13.7. The van der Waals surface area contributed by atoms with Crippen LogP contribution in [0.2, 0.25) is 0 Å². The molecule has 0 N–H and O–H groups in total. The van der Waals surface area contributed by atoms with Gasteiger partial charge in [0, 0.05) is 13.2 Å². The zero-order chi connectivity index (χ0) is 11.8. The second-order valence-corrected chi connectivity index (χ2v) is 3.84. The van der Waals surface area contributed by atoms with E-state index >= 15 is 0 Å². The minimum atomic E-state index is -0.356. The van der Waals surface area contributed by atoms with Gasteiger partial charge in [0.15, 0.2) is 5.82 Å². The van der Waals surface area contributed by atoms with Gasteiger partial charge in [-0.1, -0.05) is 12.1 Å². The molecule has 3 nitrogen and oxygen atoms in total. The lowest BCUT2D eigenvalue weighted by atomic mass is 10.2. The zero-order valence-electron chi connectivity index (χ0n) is 9.26. The van der Waals surface area contributed by atoms with E-state index in [0.29, 0.717) is 11.4 Å². The Labute approximate surface area is 97.6 Å². The summed E-state index contributed by atoms with van der Waals surface area (Å²) in [7, 11) is 1.88. The summed E-state index contributed by atoms with van der Waals surface area (Å²) < 4.78 is 15.6. The molecule has 0 spiro atoms. The van der Waals surface area contributed by atoms with Crippen LogP contribution >= 0.6 is 0 Å². The molecule has 3 aromatic rings. The molecular formula is C13H10FN3. The SMILES string of the molecule is Cn1c(-c2ccncc2F)nc2ccccc21. The van der Waals surface area contributed by atoms with Gasteiger partial charge in [-0.25, -0.2) is 9.37 Å². The number of halogens is 1. The number of imidazole rings is 1. The van der Waals surface area contributed by atoms with Crippen molar-refractivity contribution in [2.45, 2.75) is 0 Å². The zero-order valence-corrected chi connectivity index (χ0v) is 9.26. The van der Waals surface area contributed by atoms with Gasteiger partial charge in [-0.3, -0.25) is 4.98 Å². The van der Waals surface area contributed by atoms with Crippen molar-refractivity contribution in [3.63, 3.8) is 0 Å². The van der Waals surface area contributed by atoms with Crippen LogP contribution in [0.4, 0.5) is 4.39 Å². The predicted octanol–water partition coefficient (Wildman–Crippen LogP) is 2.77. The van der Waals surface area contributed by atoms with Gasteiger partial charge < -0.3 is 4.57 Å². The largest absolute Gasteiger partial charge is 0.327 e. The van der Waals surface area contributed by atoms with Gasteiger partial charge in [0.05, 0.1) is 22.8 Å². The van der Waals surface area contributed by atoms with Gasteiger partial charge in [-0.05, 0) is 18.2 Å². The lowest BCUT2D eigenvalue weighted by Gasteiger charge is -2.02. The molecule has 17 heavy (non-hydrogen) atoms. The predicted molar refractivity (Wildman–Crippen MR) is 63.9 cm³/mol. The summed E-state index contributed by atoms with van der Waals surface area (Å²) in [5, 5.41) is 0. The number of hydrogen-bond donors (Lipinski definition) is 0. The van der Waals surface area contributed by atoms with Crippen LogP contribution in [0.3, 0.4) is 0 Å². The number of pyridine rings is 1. The van der Waals surface area contributed by atoms with E-state index in [-0.39, 0.29) is 5.82 Å². The van der Waals surface area contributed by atoms with Gasteiger partial charge in [0.2, 0.25) is 0 Å². The molecule has 2 aromatic heterocycles. The third kappa shape index (κ3) is 1.49.